The number of carbonyl (C=O) groups is 1. The normalized spacial score (nSPS) is 13.8. The third kappa shape index (κ3) is 5.07. The van der Waals surface area contributed by atoms with E-state index in [1.807, 2.05) is 39.0 Å². The lowest BCUT2D eigenvalue weighted by atomic mass is 9.98. The summed E-state index contributed by atoms with van der Waals surface area (Å²) in [4.78, 5) is 17.6. The van der Waals surface area contributed by atoms with Gasteiger partial charge in [-0.15, -0.1) is 24.8 Å². The van der Waals surface area contributed by atoms with E-state index in [2.05, 4.69) is 21.2 Å². The van der Waals surface area contributed by atoms with Crippen LogP contribution in [0.2, 0.25) is 0 Å². The van der Waals surface area contributed by atoms with Gasteiger partial charge in [0.1, 0.15) is 0 Å². The highest BCUT2D eigenvalue weighted by Crippen LogP contribution is 2.42. The molecule has 0 radical (unpaired) electrons. The zero-order valence-electron chi connectivity index (χ0n) is 14.6. The zero-order chi connectivity index (χ0) is 16.8. The molecule has 1 aliphatic carbocycles. The minimum absolute atomic E-state index is 0. The highest BCUT2D eigenvalue weighted by molar-refractivity contribution is 9.10. The molecule has 138 valence electrons. The SMILES string of the molecule is Cc1c(C2CC2)nc2ccc(Br)cc2c1C(=O)NCC(C)(C)N.Cl.Cl. The summed E-state index contributed by atoms with van der Waals surface area (Å²) >= 11 is 3.49. The molecule has 3 N–H and O–H groups in total. The fourth-order valence-corrected chi connectivity index (χ4v) is 3.15. The Morgan fingerprint density at radius 1 is 1.36 bits per heavy atom. The first kappa shape index (κ1) is 22.2. The average Bonchev–Trinajstić information content (AvgIpc) is 3.28. The number of nitrogens with zero attached hydrogens (tertiary/aromatic N) is 1. The third-order valence-corrected chi connectivity index (χ3v) is 4.62. The van der Waals surface area contributed by atoms with E-state index in [-0.39, 0.29) is 30.7 Å². The van der Waals surface area contributed by atoms with Crippen molar-refractivity contribution in [3.05, 3.63) is 39.5 Å². The molecule has 0 spiro atoms. The Bertz CT molecular complexity index is 786. The average molecular weight is 449 g/mol. The molecule has 4 nitrogen and oxygen atoms in total. The Morgan fingerprint density at radius 3 is 2.56 bits per heavy atom. The number of nitrogens with two attached hydrogens (primary N) is 1. The Kier molecular flexibility index (Phi) is 7.28. The number of fused-ring (bicyclic) bond motifs is 1. The molecule has 7 heteroatoms. The van der Waals surface area contributed by atoms with Gasteiger partial charge < -0.3 is 11.1 Å². The molecule has 1 aliphatic rings. The van der Waals surface area contributed by atoms with E-state index in [0.717, 1.165) is 45.0 Å². The fraction of sp³-hybridized carbons (Fsp3) is 0.444. The summed E-state index contributed by atoms with van der Waals surface area (Å²) in [5.74, 6) is 0.425. The molecule has 3 rings (SSSR count). The molecule has 1 heterocycles. The summed E-state index contributed by atoms with van der Waals surface area (Å²) in [6, 6.07) is 5.90. The van der Waals surface area contributed by atoms with E-state index < -0.39 is 5.54 Å². The molecule has 1 aromatic heterocycles. The molecule has 1 fully saturated rings. The van der Waals surface area contributed by atoms with Crippen LogP contribution in [0.3, 0.4) is 0 Å². The monoisotopic (exact) mass is 447 g/mol. The van der Waals surface area contributed by atoms with E-state index in [1.54, 1.807) is 0 Å². The maximum Gasteiger partial charge on any atom is 0.252 e. The summed E-state index contributed by atoms with van der Waals surface area (Å²) in [6.07, 6.45) is 2.32. The van der Waals surface area contributed by atoms with Gasteiger partial charge in [-0.25, -0.2) is 0 Å². The van der Waals surface area contributed by atoms with Gasteiger partial charge in [0, 0.05) is 33.6 Å². The van der Waals surface area contributed by atoms with E-state index in [0.29, 0.717) is 12.5 Å². The molecule has 1 aromatic carbocycles. The van der Waals surface area contributed by atoms with Crippen LogP contribution in [0.15, 0.2) is 22.7 Å². The third-order valence-electron chi connectivity index (χ3n) is 4.12. The molecule has 0 atom stereocenters. The second-order valence-electron chi connectivity index (χ2n) is 7.10. The number of pyridine rings is 1. The number of halogens is 3. The van der Waals surface area contributed by atoms with E-state index >= 15 is 0 Å². The van der Waals surface area contributed by atoms with Crippen molar-refractivity contribution in [2.24, 2.45) is 5.73 Å². The van der Waals surface area contributed by atoms with E-state index in [9.17, 15) is 4.79 Å². The van der Waals surface area contributed by atoms with Crippen LogP contribution in [0, 0.1) is 6.92 Å². The quantitative estimate of drug-likeness (QED) is 0.723. The van der Waals surface area contributed by atoms with Crippen LogP contribution < -0.4 is 11.1 Å². The molecule has 0 aliphatic heterocycles. The van der Waals surface area contributed by atoms with Crippen molar-refractivity contribution in [1.29, 1.82) is 0 Å². The van der Waals surface area contributed by atoms with Crippen molar-refractivity contribution in [2.45, 2.75) is 45.1 Å². The van der Waals surface area contributed by atoms with Crippen LogP contribution in [0.4, 0.5) is 0 Å². The molecule has 1 amide bonds. The predicted octanol–water partition coefficient (Wildman–Crippen LogP) is 4.49. The number of aromatic nitrogens is 1. The van der Waals surface area contributed by atoms with Gasteiger partial charge in [-0.1, -0.05) is 15.9 Å². The second-order valence-corrected chi connectivity index (χ2v) is 8.02. The Hall–Kier alpha value is -0.880. The summed E-state index contributed by atoms with van der Waals surface area (Å²) in [5.41, 5.74) is 9.21. The largest absolute Gasteiger partial charge is 0.350 e. The summed E-state index contributed by atoms with van der Waals surface area (Å²) in [5, 5.41) is 3.85. The molecular weight excluding hydrogens is 425 g/mol. The van der Waals surface area contributed by atoms with Gasteiger partial charge in [0.2, 0.25) is 0 Å². The molecule has 0 bridgehead atoms. The van der Waals surface area contributed by atoms with Gasteiger partial charge in [-0.2, -0.15) is 0 Å². The number of amides is 1. The molecule has 1 saturated carbocycles. The molecule has 2 aromatic rings. The van der Waals surface area contributed by atoms with Gasteiger partial charge in [-0.05, 0) is 57.4 Å². The lowest BCUT2D eigenvalue weighted by Gasteiger charge is -2.20. The highest BCUT2D eigenvalue weighted by Gasteiger charge is 2.30. The number of hydrogen-bond donors (Lipinski definition) is 2. The van der Waals surface area contributed by atoms with Crippen molar-refractivity contribution >= 4 is 57.6 Å². The first-order valence-electron chi connectivity index (χ1n) is 7.93. The Morgan fingerprint density at radius 2 is 2.00 bits per heavy atom. The zero-order valence-corrected chi connectivity index (χ0v) is 17.8. The van der Waals surface area contributed by atoms with Gasteiger partial charge in [0.15, 0.2) is 0 Å². The number of nitrogens with one attached hydrogen (secondary N) is 1. The van der Waals surface area contributed by atoms with Crippen LogP contribution >= 0.6 is 40.7 Å². The Labute approximate surface area is 169 Å². The van der Waals surface area contributed by atoms with Crippen LogP contribution in [-0.4, -0.2) is 23.0 Å². The lowest BCUT2D eigenvalue weighted by molar-refractivity contribution is 0.0947. The number of carbonyl (C=O) groups excluding carboxylic acids is 1. The van der Waals surface area contributed by atoms with Crippen molar-refractivity contribution in [3.63, 3.8) is 0 Å². The predicted molar refractivity (Wildman–Crippen MR) is 111 cm³/mol. The smallest absolute Gasteiger partial charge is 0.252 e. The second kappa shape index (κ2) is 8.21. The van der Waals surface area contributed by atoms with Crippen molar-refractivity contribution in [2.75, 3.05) is 6.54 Å². The summed E-state index contributed by atoms with van der Waals surface area (Å²) < 4.78 is 0.943. The minimum Gasteiger partial charge on any atom is -0.350 e. The lowest BCUT2D eigenvalue weighted by Crippen LogP contribution is -2.45. The Balaban J connectivity index is 0.00000156. The maximum atomic E-state index is 12.8. The number of hydrogen-bond acceptors (Lipinski definition) is 3. The van der Waals surface area contributed by atoms with E-state index in [1.165, 1.54) is 0 Å². The first-order valence-corrected chi connectivity index (χ1v) is 8.72. The highest BCUT2D eigenvalue weighted by atomic mass is 79.9. The van der Waals surface area contributed by atoms with Crippen molar-refractivity contribution in [3.8, 4) is 0 Å². The topological polar surface area (TPSA) is 68.0 Å². The summed E-state index contributed by atoms with van der Waals surface area (Å²) in [7, 11) is 0. The number of rotatable bonds is 4. The molecular formula is C18H24BrCl2N3O. The molecule has 0 unspecified atom stereocenters. The maximum absolute atomic E-state index is 12.8. The van der Waals surface area contributed by atoms with Crippen LogP contribution in [0.1, 0.15) is 54.2 Å². The number of benzene rings is 1. The van der Waals surface area contributed by atoms with Crippen LogP contribution in [0.5, 0.6) is 0 Å². The first-order chi connectivity index (χ1) is 10.8. The fourth-order valence-electron chi connectivity index (χ4n) is 2.79. The summed E-state index contributed by atoms with van der Waals surface area (Å²) in [6.45, 7) is 6.24. The minimum atomic E-state index is -0.438. The van der Waals surface area contributed by atoms with Crippen molar-refractivity contribution < 1.29 is 4.79 Å². The van der Waals surface area contributed by atoms with E-state index in [4.69, 9.17) is 10.7 Å². The van der Waals surface area contributed by atoms with Crippen LogP contribution in [0.25, 0.3) is 10.9 Å². The molecule has 0 saturated heterocycles. The van der Waals surface area contributed by atoms with Crippen molar-refractivity contribution in [1.82, 2.24) is 10.3 Å². The van der Waals surface area contributed by atoms with Crippen LogP contribution in [-0.2, 0) is 0 Å². The van der Waals surface area contributed by atoms with Gasteiger partial charge >= 0.3 is 0 Å². The van der Waals surface area contributed by atoms with Gasteiger partial charge in [-0.3, -0.25) is 9.78 Å². The van der Waals surface area contributed by atoms with Gasteiger partial charge in [0.05, 0.1) is 11.1 Å². The van der Waals surface area contributed by atoms with Gasteiger partial charge in [0.25, 0.3) is 5.91 Å². The standard InChI is InChI=1S/C18H22BrN3O.2ClH/c1-10-15(17(23)21-9-18(2,3)20)13-8-12(19)6-7-14(13)22-16(10)11-4-5-11;;/h6-8,11H,4-5,9,20H2,1-3H3,(H,21,23);2*1H. The molecule has 25 heavy (non-hydrogen) atoms.